The zero-order chi connectivity index (χ0) is 18.1. The molecular weight excluding hydrogens is 341 g/mol. The smallest absolute Gasteiger partial charge is 0.241 e. The van der Waals surface area contributed by atoms with Crippen LogP contribution >= 0.6 is 11.6 Å². The molecule has 0 atom stereocenters. The van der Waals surface area contributed by atoms with Gasteiger partial charge in [-0.2, -0.15) is 0 Å². The highest BCUT2D eigenvalue weighted by Crippen LogP contribution is 2.25. The lowest BCUT2D eigenvalue weighted by Gasteiger charge is -2.12. The predicted molar refractivity (Wildman–Crippen MR) is 97.4 cm³/mol. The predicted octanol–water partition coefficient (Wildman–Crippen LogP) is 3.82. The van der Waals surface area contributed by atoms with Crippen LogP contribution in [-0.2, 0) is 17.8 Å². The van der Waals surface area contributed by atoms with E-state index in [1.54, 1.807) is 31.3 Å². The highest BCUT2D eigenvalue weighted by molar-refractivity contribution is 6.30. The molecule has 0 aliphatic heterocycles. The summed E-state index contributed by atoms with van der Waals surface area (Å²) in [5, 5.41) is 1.31. The van der Waals surface area contributed by atoms with Crippen molar-refractivity contribution in [1.82, 2.24) is 14.5 Å². The minimum atomic E-state index is -0.328. The number of fused-ring (bicyclic) bond motifs is 1. The molecule has 3 aromatic rings. The van der Waals surface area contributed by atoms with Crippen LogP contribution in [0.4, 0.5) is 4.39 Å². The third kappa shape index (κ3) is 3.51. The van der Waals surface area contributed by atoms with Crippen LogP contribution in [0.25, 0.3) is 10.9 Å². The first-order valence-electron chi connectivity index (χ1n) is 7.94. The Balaban J connectivity index is 1.99. The molecule has 6 heteroatoms. The molecular formula is C19H19ClFN3O. The lowest BCUT2D eigenvalue weighted by atomic mass is 10.0. The Morgan fingerprint density at radius 1 is 1.32 bits per heavy atom. The number of aryl methyl sites for hydroxylation is 1. The van der Waals surface area contributed by atoms with E-state index in [-0.39, 0.29) is 18.3 Å². The van der Waals surface area contributed by atoms with Crippen LogP contribution in [0.5, 0.6) is 0 Å². The van der Waals surface area contributed by atoms with Gasteiger partial charge in [0.2, 0.25) is 5.91 Å². The SMILES string of the molecule is Cc1cc(Cl)cc(F)c1Cc1nccc2c1ccn2CC(=O)N(C)C. The largest absolute Gasteiger partial charge is 0.347 e. The van der Waals surface area contributed by atoms with E-state index in [9.17, 15) is 9.18 Å². The molecule has 0 aliphatic rings. The van der Waals surface area contributed by atoms with Gasteiger partial charge in [0.15, 0.2) is 0 Å². The number of hydrogen-bond donors (Lipinski definition) is 0. The van der Waals surface area contributed by atoms with Crippen LogP contribution in [0.3, 0.4) is 0 Å². The summed E-state index contributed by atoms with van der Waals surface area (Å²) >= 11 is 5.90. The van der Waals surface area contributed by atoms with E-state index < -0.39 is 0 Å². The minimum Gasteiger partial charge on any atom is -0.347 e. The van der Waals surface area contributed by atoms with Crippen LogP contribution in [-0.4, -0.2) is 34.5 Å². The molecule has 0 spiro atoms. The van der Waals surface area contributed by atoms with Gasteiger partial charge in [-0.1, -0.05) is 11.6 Å². The molecule has 2 heterocycles. The third-order valence-corrected chi connectivity index (χ3v) is 4.53. The molecule has 2 aromatic heterocycles. The summed E-state index contributed by atoms with van der Waals surface area (Å²) in [4.78, 5) is 18.0. The van der Waals surface area contributed by atoms with Crippen LogP contribution in [0.2, 0.25) is 5.02 Å². The van der Waals surface area contributed by atoms with Gasteiger partial charge in [-0.05, 0) is 42.3 Å². The van der Waals surface area contributed by atoms with Gasteiger partial charge >= 0.3 is 0 Å². The lowest BCUT2D eigenvalue weighted by molar-refractivity contribution is -0.129. The number of amides is 1. The Morgan fingerprint density at radius 2 is 2.08 bits per heavy atom. The Hall–Kier alpha value is -2.40. The van der Waals surface area contributed by atoms with Crippen molar-refractivity contribution in [2.75, 3.05) is 14.1 Å². The number of pyridine rings is 1. The molecule has 0 bridgehead atoms. The van der Waals surface area contributed by atoms with E-state index >= 15 is 0 Å². The highest BCUT2D eigenvalue weighted by atomic mass is 35.5. The Labute approximate surface area is 150 Å². The molecule has 25 heavy (non-hydrogen) atoms. The summed E-state index contributed by atoms with van der Waals surface area (Å²) in [6, 6.07) is 6.86. The van der Waals surface area contributed by atoms with Gasteiger partial charge in [-0.25, -0.2) is 4.39 Å². The number of likely N-dealkylation sites (N-methyl/N-ethyl adjacent to an activating group) is 1. The van der Waals surface area contributed by atoms with Gasteiger partial charge in [-0.3, -0.25) is 9.78 Å². The molecule has 0 saturated heterocycles. The lowest BCUT2D eigenvalue weighted by Crippen LogP contribution is -2.25. The quantitative estimate of drug-likeness (QED) is 0.710. The maximum atomic E-state index is 14.3. The monoisotopic (exact) mass is 359 g/mol. The number of hydrogen-bond acceptors (Lipinski definition) is 2. The van der Waals surface area contributed by atoms with Gasteiger partial charge < -0.3 is 9.47 Å². The van der Waals surface area contributed by atoms with Crippen molar-refractivity contribution in [1.29, 1.82) is 0 Å². The number of nitrogens with zero attached hydrogens (tertiary/aromatic N) is 3. The van der Waals surface area contributed by atoms with Crippen molar-refractivity contribution in [3.63, 3.8) is 0 Å². The van der Waals surface area contributed by atoms with Gasteiger partial charge in [-0.15, -0.1) is 0 Å². The molecule has 130 valence electrons. The van der Waals surface area contributed by atoms with E-state index in [0.717, 1.165) is 22.2 Å². The maximum absolute atomic E-state index is 14.3. The fourth-order valence-corrected chi connectivity index (χ4v) is 3.13. The normalized spacial score (nSPS) is 11.1. The van der Waals surface area contributed by atoms with Gasteiger partial charge in [0.1, 0.15) is 12.4 Å². The van der Waals surface area contributed by atoms with E-state index in [4.69, 9.17) is 11.6 Å². The van der Waals surface area contributed by atoms with Gasteiger partial charge in [0.05, 0.1) is 11.2 Å². The van der Waals surface area contributed by atoms with Crippen LogP contribution < -0.4 is 0 Å². The number of aromatic nitrogens is 2. The molecule has 4 nitrogen and oxygen atoms in total. The summed E-state index contributed by atoms with van der Waals surface area (Å²) in [5.41, 5.74) is 3.07. The molecule has 0 saturated carbocycles. The summed E-state index contributed by atoms with van der Waals surface area (Å²) in [7, 11) is 3.46. The number of halogens is 2. The Morgan fingerprint density at radius 3 is 2.76 bits per heavy atom. The second-order valence-electron chi connectivity index (χ2n) is 6.28. The first-order valence-corrected chi connectivity index (χ1v) is 8.32. The standard InChI is InChI=1S/C19H19ClFN3O/c1-12-8-13(20)9-16(21)15(12)10-17-14-5-7-24(11-19(25)23(2)3)18(14)4-6-22-17/h4-9H,10-11H2,1-3H3. The first kappa shape index (κ1) is 17.4. The molecule has 1 amide bonds. The minimum absolute atomic E-state index is 0.00968. The van der Waals surface area contributed by atoms with Crippen molar-refractivity contribution in [2.45, 2.75) is 19.9 Å². The second kappa shape index (κ2) is 6.84. The van der Waals surface area contributed by atoms with Crippen molar-refractivity contribution in [3.05, 3.63) is 64.3 Å². The molecule has 3 rings (SSSR count). The van der Waals surface area contributed by atoms with Crippen LogP contribution in [0.15, 0.2) is 36.7 Å². The fraction of sp³-hybridized carbons (Fsp3) is 0.263. The van der Waals surface area contributed by atoms with E-state index in [2.05, 4.69) is 4.98 Å². The number of rotatable bonds is 4. The first-order chi connectivity index (χ1) is 11.9. The Kier molecular flexibility index (Phi) is 4.77. The molecule has 0 unspecified atom stereocenters. The molecule has 0 aliphatic carbocycles. The number of benzene rings is 1. The topological polar surface area (TPSA) is 38.1 Å². The molecule has 0 N–H and O–H groups in total. The molecule has 0 radical (unpaired) electrons. The number of carbonyl (C=O) groups is 1. The second-order valence-corrected chi connectivity index (χ2v) is 6.72. The van der Waals surface area contributed by atoms with Crippen LogP contribution in [0, 0.1) is 12.7 Å². The van der Waals surface area contributed by atoms with E-state index in [0.29, 0.717) is 17.0 Å². The summed E-state index contributed by atoms with van der Waals surface area (Å²) < 4.78 is 16.2. The van der Waals surface area contributed by atoms with Gasteiger partial charge in [0, 0.05) is 43.3 Å². The summed E-state index contributed by atoms with van der Waals surface area (Å²) in [6.45, 7) is 2.10. The average molecular weight is 360 g/mol. The van der Waals surface area contributed by atoms with Gasteiger partial charge in [0.25, 0.3) is 0 Å². The van der Waals surface area contributed by atoms with E-state index in [1.165, 1.54) is 6.07 Å². The fourth-order valence-electron chi connectivity index (χ4n) is 2.87. The highest BCUT2D eigenvalue weighted by Gasteiger charge is 2.14. The summed E-state index contributed by atoms with van der Waals surface area (Å²) in [5.74, 6) is -0.318. The third-order valence-electron chi connectivity index (χ3n) is 4.31. The molecule has 1 aromatic carbocycles. The molecule has 0 fully saturated rings. The Bertz CT molecular complexity index is 926. The van der Waals surface area contributed by atoms with Crippen molar-refractivity contribution < 1.29 is 9.18 Å². The zero-order valence-electron chi connectivity index (χ0n) is 14.4. The van der Waals surface area contributed by atoms with Crippen molar-refractivity contribution in [2.24, 2.45) is 0 Å². The van der Waals surface area contributed by atoms with Crippen molar-refractivity contribution in [3.8, 4) is 0 Å². The van der Waals surface area contributed by atoms with Crippen LogP contribution in [0.1, 0.15) is 16.8 Å². The zero-order valence-corrected chi connectivity index (χ0v) is 15.1. The number of carbonyl (C=O) groups excluding carboxylic acids is 1. The maximum Gasteiger partial charge on any atom is 0.241 e. The average Bonchev–Trinajstić information content (AvgIpc) is 2.94. The van der Waals surface area contributed by atoms with E-state index in [1.807, 2.05) is 29.8 Å². The van der Waals surface area contributed by atoms with Crippen molar-refractivity contribution >= 4 is 28.4 Å². The summed E-state index contributed by atoms with van der Waals surface area (Å²) in [6.07, 6.45) is 3.93.